The number of hydrogen-bond donors (Lipinski definition) is 1. The molecule has 14 heavy (non-hydrogen) atoms. The van der Waals surface area contributed by atoms with Crippen molar-refractivity contribution < 1.29 is 14.1 Å². The average molecular weight is 197 g/mol. The minimum atomic E-state index is -0.183. The van der Waals surface area contributed by atoms with Gasteiger partial charge in [0.1, 0.15) is 18.8 Å². The molecule has 0 saturated carbocycles. The number of aromatic amines is 1. The van der Waals surface area contributed by atoms with Gasteiger partial charge >= 0.3 is 5.97 Å². The second-order valence-corrected chi connectivity index (χ2v) is 3.40. The van der Waals surface area contributed by atoms with E-state index in [0.29, 0.717) is 6.42 Å². The molecule has 78 valence electrons. The Hall–Kier alpha value is -1.32. The minimum absolute atomic E-state index is 0.00256. The predicted molar refractivity (Wildman–Crippen MR) is 51.5 cm³/mol. The first-order chi connectivity index (χ1) is 6.63. The van der Waals surface area contributed by atoms with Crippen LogP contribution >= 0.6 is 0 Å². The fourth-order valence-corrected chi connectivity index (χ4v) is 1.10. The first kappa shape index (κ1) is 10.8. The van der Waals surface area contributed by atoms with Gasteiger partial charge in [0.2, 0.25) is 0 Å². The van der Waals surface area contributed by atoms with Crippen molar-refractivity contribution >= 4 is 5.97 Å². The summed E-state index contributed by atoms with van der Waals surface area (Å²) in [6.07, 6.45) is 4.82. The van der Waals surface area contributed by atoms with Crippen molar-refractivity contribution in [2.24, 2.45) is 7.05 Å². The molecule has 1 rings (SSSR count). The highest BCUT2D eigenvalue weighted by atomic mass is 16.5. The molecule has 0 spiro atoms. The summed E-state index contributed by atoms with van der Waals surface area (Å²) < 4.78 is 7.03. The Bertz CT molecular complexity index is 307. The molecule has 0 aromatic carbocycles. The first-order valence-electron chi connectivity index (χ1n) is 4.84. The number of esters is 1. The minimum Gasteiger partial charge on any atom is -0.462 e. The molecule has 1 N–H and O–H groups in total. The Balaban J connectivity index is 2.45. The Labute approximate surface area is 83.9 Å². The summed E-state index contributed by atoms with van der Waals surface area (Å²) in [6, 6.07) is 0. The maximum atomic E-state index is 11.4. The normalized spacial score (nSPS) is 12.5. The van der Waals surface area contributed by atoms with Gasteiger partial charge in [-0.25, -0.2) is 9.55 Å². The van der Waals surface area contributed by atoms with Crippen molar-refractivity contribution in [3.8, 4) is 0 Å². The summed E-state index contributed by atoms with van der Waals surface area (Å²) in [5.74, 6) is 0.677. The van der Waals surface area contributed by atoms with Crippen molar-refractivity contribution in [2.75, 3.05) is 0 Å². The number of aryl methyl sites for hydroxylation is 1. The van der Waals surface area contributed by atoms with E-state index in [-0.39, 0.29) is 12.1 Å². The van der Waals surface area contributed by atoms with Crippen molar-refractivity contribution in [2.45, 2.75) is 32.8 Å². The Morgan fingerprint density at radius 3 is 2.93 bits per heavy atom. The topological polar surface area (TPSA) is 46.0 Å². The summed E-state index contributed by atoms with van der Waals surface area (Å²) in [6.45, 7) is 3.89. The van der Waals surface area contributed by atoms with Gasteiger partial charge in [0.25, 0.3) is 5.82 Å². The van der Waals surface area contributed by atoms with Crippen LogP contribution in [0, 0.1) is 0 Å². The number of nitrogens with zero attached hydrogens (tertiary/aromatic N) is 1. The monoisotopic (exact) mass is 197 g/mol. The molecule has 0 aliphatic carbocycles. The lowest BCUT2D eigenvalue weighted by molar-refractivity contribution is -0.677. The van der Waals surface area contributed by atoms with Gasteiger partial charge in [0.15, 0.2) is 0 Å². The van der Waals surface area contributed by atoms with E-state index in [0.717, 1.165) is 12.2 Å². The van der Waals surface area contributed by atoms with Gasteiger partial charge in [-0.2, -0.15) is 0 Å². The molecule has 1 atom stereocenters. The second kappa shape index (κ2) is 4.79. The molecule has 1 heterocycles. The molecule has 0 fully saturated rings. The summed E-state index contributed by atoms with van der Waals surface area (Å²) in [4.78, 5) is 14.4. The van der Waals surface area contributed by atoms with Crippen LogP contribution in [0.15, 0.2) is 12.4 Å². The quantitative estimate of drug-likeness (QED) is 0.571. The molecule has 0 bridgehead atoms. The predicted octanol–water partition coefficient (Wildman–Crippen LogP) is 0.723. The maximum absolute atomic E-state index is 11.4. The third-order valence-corrected chi connectivity index (χ3v) is 2.19. The lowest BCUT2D eigenvalue weighted by atomic mass is 10.3. The molecule has 4 heteroatoms. The number of carbonyl (C=O) groups is 1. The third kappa shape index (κ3) is 2.87. The SMILES string of the molecule is CC[C@@H](C)OC(=O)Cc1[nH]cc[n+]1C. The summed E-state index contributed by atoms with van der Waals surface area (Å²) in [5, 5.41) is 0. The third-order valence-electron chi connectivity index (χ3n) is 2.19. The fourth-order valence-electron chi connectivity index (χ4n) is 1.10. The van der Waals surface area contributed by atoms with Crippen molar-refractivity contribution in [1.82, 2.24) is 4.98 Å². The second-order valence-electron chi connectivity index (χ2n) is 3.40. The molecule has 0 radical (unpaired) electrons. The molecule has 1 aromatic rings. The van der Waals surface area contributed by atoms with Crippen LogP contribution in [-0.2, 0) is 23.0 Å². The zero-order valence-electron chi connectivity index (χ0n) is 8.91. The van der Waals surface area contributed by atoms with Gasteiger partial charge in [-0.15, -0.1) is 0 Å². The number of ether oxygens (including phenoxy) is 1. The lowest BCUT2D eigenvalue weighted by Gasteiger charge is -2.08. The van der Waals surface area contributed by atoms with E-state index in [1.165, 1.54) is 0 Å². The van der Waals surface area contributed by atoms with Crippen LogP contribution in [0.5, 0.6) is 0 Å². The first-order valence-corrected chi connectivity index (χ1v) is 4.84. The Morgan fingerprint density at radius 1 is 1.71 bits per heavy atom. The molecule has 0 unspecified atom stereocenters. The van der Waals surface area contributed by atoms with Crippen molar-refractivity contribution in [1.29, 1.82) is 0 Å². The highest BCUT2D eigenvalue weighted by Crippen LogP contribution is 1.99. The van der Waals surface area contributed by atoms with Crippen LogP contribution < -0.4 is 4.57 Å². The van der Waals surface area contributed by atoms with Gasteiger partial charge < -0.3 is 4.74 Å². The maximum Gasteiger partial charge on any atom is 0.318 e. The van der Waals surface area contributed by atoms with Crippen LogP contribution in [0.1, 0.15) is 26.1 Å². The van der Waals surface area contributed by atoms with Gasteiger partial charge in [0, 0.05) is 0 Å². The van der Waals surface area contributed by atoms with E-state index in [4.69, 9.17) is 4.74 Å². The molecular weight excluding hydrogens is 180 g/mol. The van der Waals surface area contributed by atoms with E-state index in [1.807, 2.05) is 31.7 Å². The highest BCUT2D eigenvalue weighted by Gasteiger charge is 2.15. The lowest BCUT2D eigenvalue weighted by Crippen LogP contribution is -2.32. The highest BCUT2D eigenvalue weighted by molar-refractivity contribution is 5.71. The van der Waals surface area contributed by atoms with Crippen LogP contribution in [0.25, 0.3) is 0 Å². The van der Waals surface area contributed by atoms with E-state index in [2.05, 4.69) is 4.98 Å². The zero-order chi connectivity index (χ0) is 10.6. The van der Waals surface area contributed by atoms with Crippen LogP contribution in [0.3, 0.4) is 0 Å². The average Bonchev–Trinajstić information content (AvgIpc) is 2.51. The number of hydrogen-bond acceptors (Lipinski definition) is 2. The van der Waals surface area contributed by atoms with Crippen LogP contribution in [0.2, 0.25) is 0 Å². The molecule has 0 amide bonds. The largest absolute Gasteiger partial charge is 0.462 e. The molecule has 0 saturated heterocycles. The van der Waals surface area contributed by atoms with Crippen LogP contribution in [0.4, 0.5) is 0 Å². The van der Waals surface area contributed by atoms with Gasteiger partial charge in [-0.1, -0.05) is 6.92 Å². The van der Waals surface area contributed by atoms with E-state index < -0.39 is 0 Å². The summed E-state index contributed by atoms with van der Waals surface area (Å²) in [5.41, 5.74) is 0. The van der Waals surface area contributed by atoms with Gasteiger partial charge in [-0.3, -0.25) is 4.79 Å². The van der Waals surface area contributed by atoms with E-state index in [1.54, 1.807) is 6.20 Å². The van der Waals surface area contributed by atoms with Crippen LogP contribution in [-0.4, -0.2) is 17.1 Å². The van der Waals surface area contributed by atoms with E-state index >= 15 is 0 Å². The molecule has 0 aliphatic rings. The number of carbonyl (C=O) groups excluding carboxylic acids is 1. The number of H-pyrrole nitrogens is 1. The summed E-state index contributed by atoms with van der Waals surface area (Å²) >= 11 is 0. The fraction of sp³-hybridized carbons (Fsp3) is 0.600. The smallest absolute Gasteiger partial charge is 0.318 e. The van der Waals surface area contributed by atoms with Gasteiger partial charge in [0.05, 0.1) is 13.2 Å². The Morgan fingerprint density at radius 2 is 2.43 bits per heavy atom. The van der Waals surface area contributed by atoms with E-state index in [9.17, 15) is 4.79 Å². The molecule has 0 aliphatic heterocycles. The standard InChI is InChI=1S/C10H16N2O2/c1-4-8(2)14-10(13)7-9-11-5-6-12(9)3/h5-6,8H,4,7H2,1-3H3/p+1/t8-/m1/s1. The molecule has 4 nitrogen and oxygen atoms in total. The number of imidazole rings is 1. The number of aromatic nitrogens is 2. The molecular formula is C10H17N2O2+. The number of nitrogens with one attached hydrogen (secondary N) is 1. The van der Waals surface area contributed by atoms with Gasteiger partial charge in [-0.05, 0) is 13.3 Å². The number of rotatable bonds is 4. The Kier molecular flexibility index (Phi) is 3.68. The van der Waals surface area contributed by atoms with Crippen molar-refractivity contribution in [3.63, 3.8) is 0 Å². The van der Waals surface area contributed by atoms with Crippen molar-refractivity contribution in [3.05, 3.63) is 18.2 Å². The zero-order valence-corrected chi connectivity index (χ0v) is 8.91. The summed E-state index contributed by atoms with van der Waals surface area (Å²) in [7, 11) is 1.89. The molecule has 1 aromatic heterocycles.